The zero-order chi connectivity index (χ0) is 9.28. The molecule has 0 unspecified atom stereocenters. The van der Waals surface area contributed by atoms with Crippen LogP contribution in [0.1, 0.15) is 34.1 Å². The molecular formula is C9H22N2. The molecule has 0 saturated carbocycles. The van der Waals surface area contributed by atoms with Crippen molar-refractivity contribution >= 4 is 0 Å². The zero-order valence-corrected chi connectivity index (χ0v) is 8.28. The first-order chi connectivity index (χ1) is 5.22. The predicted octanol–water partition coefficient (Wildman–Crippen LogP) is 1.87. The van der Waals surface area contributed by atoms with Gasteiger partial charge in [0.25, 0.3) is 0 Å². The van der Waals surface area contributed by atoms with Crippen molar-refractivity contribution in [1.29, 1.82) is 0 Å². The van der Waals surface area contributed by atoms with E-state index >= 15 is 0 Å². The van der Waals surface area contributed by atoms with Gasteiger partial charge in [-0.15, -0.1) is 0 Å². The van der Waals surface area contributed by atoms with Crippen molar-refractivity contribution in [3.63, 3.8) is 0 Å². The third kappa shape index (κ3) is 7.40. The molecule has 0 aromatic rings. The van der Waals surface area contributed by atoms with E-state index < -0.39 is 0 Å². The van der Waals surface area contributed by atoms with Crippen LogP contribution in [0.4, 0.5) is 0 Å². The number of hydrogen-bond donors (Lipinski definition) is 2. The Morgan fingerprint density at radius 2 is 1.91 bits per heavy atom. The van der Waals surface area contributed by atoms with Gasteiger partial charge < -0.3 is 11.1 Å². The van der Waals surface area contributed by atoms with Gasteiger partial charge in [-0.05, 0) is 13.3 Å². The van der Waals surface area contributed by atoms with Crippen molar-refractivity contribution in [3.05, 3.63) is 12.3 Å². The van der Waals surface area contributed by atoms with Gasteiger partial charge in [-0.25, -0.2) is 0 Å². The summed E-state index contributed by atoms with van der Waals surface area (Å²) in [6.45, 7) is 12.8. The van der Waals surface area contributed by atoms with Crippen LogP contribution in [-0.4, -0.2) is 12.6 Å². The fourth-order valence-corrected chi connectivity index (χ4v) is 0.605. The SMILES string of the molecule is C=C(NCC)[C@@H](N)CC.CC. The molecule has 11 heavy (non-hydrogen) atoms. The van der Waals surface area contributed by atoms with Crippen LogP contribution in [0.2, 0.25) is 0 Å². The molecule has 2 nitrogen and oxygen atoms in total. The van der Waals surface area contributed by atoms with E-state index in [1.807, 2.05) is 27.7 Å². The maximum atomic E-state index is 5.64. The Morgan fingerprint density at radius 1 is 1.45 bits per heavy atom. The van der Waals surface area contributed by atoms with E-state index in [4.69, 9.17) is 5.73 Å². The van der Waals surface area contributed by atoms with Gasteiger partial charge in [0.15, 0.2) is 0 Å². The summed E-state index contributed by atoms with van der Waals surface area (Å²) in [5, 5.41) is 3.08. The average Bonchev–Trinajstić information content (AvgIpc) is 2.07. The number of nitrogens with one attached hydrogen (secondary N) is 1. The van der Waals surface area contributed by atoms with Crippen LogP contribution in [0.25, 0.3) is 0 Å². The second-order valence-electron chi connectivity index (χ2n) is 2.07. The Balaban J connectivity index is 0. The molecule has 0 aromatic carbocycles. The van der Waals surface area contributed by atoms with Crippen LogP contribution >= 0.6 is 0 Å². The van der Waals surface area contributed by atoms with E-state index in [-0.39, 0.29) is 6.04 Å². The standard InChI is InChI=1S/C7H16N2.C2H6/c1-4-7(8)6(3)9-5-2;1-2/h7,9H,3-5,8H2,1-2H3;1-2H3/t7-;/m0./s1. The van der Waals surface area contributed by atoms with Gasteiger partial charge in [0, 0.05) is 18.3 Å². The molecule has 0 aliphatic heterocycles. The van der Waals surface area contributed by atoms with Crippen molar-refractivity contribution in [2.24, 2.45) is 5.73 Å². The molecule has 0 fully saturated rings. The van der Waals surface area contributed by atoms with Gasteiger partial charge >= 0.3 is 0 Å². The molecule has 0 aromatic heterocycles. The van der Waals surface area contributed by atoms with Crippen molar-refractivity contribution in [1.82, 2.24) is 5.32 Å². The fourth-order valence-electron chi connectivity index (χ4n) is 0.605. The Labute approximate surface area is 70.9 Å². The molecule has 3 N–H and O–H groups in total. The third-order valence-corrected chi connectivity index (χ3v) is 1.29. The summed E-state index contributed by atoms with van der Waals surface area (Å²) < 4.78 is 0. The summed E-state index contributed by atoms with van der Waals surface area (Å²) in [5.41, 5.74) is 6.58. The maximum Gasteiger partial charge on any atom is 0.0435 e. The van der Waals surface area contributed by atoms with Crippen molar-refractivity contribution in [3.8, 4) is 0 Å². The van der Waals surface area contributed by atoms with E-state index in [0.29, 0.717) is 0 Å². The Morgan fingerprint density at radius 3 is 2.18 bits per heavy atom. The lowest BCUT2D eigenvalue weighted by molar-refractivity contribution is 0.667. The van der Waals surface area contributed by atoms with Crippen molar-refractivity contribution in [2.75, 3.05) is 6.54 Å². The lowest BCUT2D eigenvalue weighted by Crippen LogP contribution is -2.29. The van der Waals surface area contributed by atoms with Gasteiger partial charge in [0.2, 0.25) is 0 Å². The molecule has 0 aliphatic carbocycles. The minimum absolute atomic E-state index is 0.116. The van der Waals surface area contributed by atoms with Crippen LogP contribution in [0.15, 0.2) is 12.3 Å². The predicted molar refractivity (Wildman–Crippen MR) is 52.4 cm³/mol. The van der Waals surface area contributed by atoms with Crippen LogP contribution < -0.4 is 11.1 Å². The Bertz CT molecular complexity index is 89.6. The highest BCUT2D eigenvalue weighted by Gasteiger charge is 2.00. The normalized spacial score (nSPS) is 11.0. The second kappa shape index (κ2) is 9.50. The first kappa shape index (κ1) is 13.1. The van der Waals surface area contributed by atoms with Crippen LogP contribution in [-0.2, 0) is 0 Å². The zero-order valence-electron chi connectivity index (χ0n) is 8.28. The van der Waals surface area contributed by atoms with Crippen molar-refractivity contribution in [2.45, 2.75) is 40.2 Å². The molecule has 0 amide bonds. The highest BCUT2D eigenvalue weighted by atomic mass is 14.9. The largest absolute Gasteiger partial charge is 0.388 e. The smallest absolute Gasteiger partial charge is 0.0435 e. The molecule has 0 aliphatic rings. The van der Waals surface area contributed by atoms with E-state index in [1.54, 1.807) is 0 Å². The van der Waals surface area contributed by atoms with Gasteiger partial charge in [-0.2, -0.15) is 0 Å². The highest BCUT2D eigenvalue weighted by molar-refractivity contribution is 5.00. The van der Waals surface area contributed by atoms with Crippen LogP contribution in [0.3, 0.4) is 0 Å². The molecule has 0 rings (SSSR count). The maximum absolute atomic E-state index is 5.64. The summed E-state index contributed by atoms with van der Waals surface area (Å²) in [6, 6.07) is 0.116. The number of nitrogens with two attached hydrogens (primary N) is 1. The first-order valence-corrected chi connectivity index (χ1v) is 4.40. The van der Waals surface area contributed by atoms with Gasteiger partial charge in [-0.3, -0.25) is 0 Å². The third-order valence-electron chi connectivity index (χ3n) is 1.29. The lowest BCUT2D eigenvalue weighted by Gasteiger charge is -2.12. The minimum Gasteiger partial charge on any atom is -0.388 e. The molecule has 0 bridgehead atoms. The molecule has 0 saturated heterocycles. The first-order valence-electron chi connectivity index (χ1n) is 4.40. The molecule has 2 heteroatoms. The Hall–Kier alpha value is -0.500. The Kier molecular flexibility index (Phi) is 11.3. The topological polar surface area (TPSA) is 38.0 Å². The number of rotatable bonds is 4. The summed E-state index contributed by atoms with van der Waals surface area (Å²) in [7, 11) is 0. The molecular weight excluding hydrogens is 136 g/mol. The highest BCUT2D eigenvalue weighted by Crippen LogP contribution is 1.94. The van der Waals surface area contributed by atoms with E-state index in [2.05, 4.69) is 11.9 Å². The van der Waals surface area contributed by atoms with Crippen LogP contribution in [0, 0.1) is 0 Å². The molecule has 68 valence electrons. The van der Waals surface area contributed by atoms with Gasteiger partial charge in [0.1, 0.15) is 0 Å². The lowest BCUT2D eigenvalue weighted by atomic mass is 10.2. The minimum atomic E-state index is 0.116. The van der Waals surface area contributed by atoms with E-state index in [0.717, 1.165) is 18.7 Å². The summed E-state index contributed by atoms with van der Waals surface area (Å²) in [6.07, 6.45) is 0.950. The van der Waals surface area contributed by atoms with Crippen molar-refractivity contribution < 1.29 is 0 Å². The number of likely N-dealkylation sites (N-methyl/N-ethyl adjacent to an activating group) is 1. The molecule has 1 atom stereocenters. The summed E-state index contributed by atoms with van der Waals surface area (Å²) in [4.78, 5) is 0. The summed E-state index contributed by atoms with van der Waals surface area (Å²) in [5.74, 6) is 0. The van der Waals surface area contributed by atoms with Crippen LogP contribution in [0.5, 0.6) is 0 Å². The van der Waals surface area contributed by atoms with E-state index in [9.17, 15) is 0 Å². The second-order valence-corrected chi connectivity index (χ2v) is 2.07. The molecule has 0 spiro atoms. The number of hydrogen-bond acceptors (Lipinski definition) is 2. The molecule has 0 radical (unpaired) electrons. The monoisotopic (exact) mass is 158 g/mol. The average molecular weight is 158 g/mol. The molecule has 0 heterocycles. The quantitative estimate of drug-likeness (QED) is 0.655. The van der Waals surface area contributed by atoms with E-state index in [1.165, 1.54) is 0 Å². The van der Waals surface area contributed by atoms with Gasteiger partial charge in [-0.1, -0.05) is 27.4 Å². The fraction of sp³-hybridized carbons (Fsp3) is 0.778. The summed E-state index contributed by atoms with van der Waals surface area (Å²) >= 11 is 0. The van der Waals surface area contributed by atoms with Gasteiger partial charge in [0.05, 0.1) is 0 Å².